The zero-order chi connectivity index (χ0) is 22.8. The van der Waals surface area contributed by atoms with Crippen LogP contribution in [0.25, 0.3) is 5.69 Å². The van der Waals surface area contributed by atoms with Gasteiger partial charge in [-0.15, -0.1) is 0 Å². The highest BCUT2D eigenvalue weighted by Crippen LogP contribution is 2.31. The predicted molar refractivity (Wildman–Crippen MR) is 100 cm³/mol. The molecule has 0 aliphatic carbocycles. The smallest absolute Gasteiger partial charge is 0.416 e. The van der Waals surface area contributed by atoms with E-state index in [1.807, 2.05) is 0 Å². The molecule has 0 radical (unpaired) electrons. The summed E-state index contributed by atoms with van der Waals surface area (Å²) in [4.78, 5) is 35.9. The van der Waals surface area contributed by atoms with Crippen LogP contribution in [-0.4, -0.2) is 26.8 Å². The highest BCUT2D eigenvalue weighted by molar-refractivity contribution is 5.92. The first-order chi connectivity index (χ1) is 14.5. The number of rotatable bonds is 6. The number of aliphatic carboxylic acids is 1. The maximum absolute atomic E-state index is 13.4. The highest BCUT2D eigenvalue weighted by Gasteiger charge is 2.31. The number of carbonyl (C=O) groups is 2. The summed E-state index contributed by atoms with van der Waals surface area (Å²) < 4.78 is 53.3. The Morgan fingerprint density at radius 1 is 1.10 bits per heavy atom. The first kappa shape index (κ1) is 21.8. The van der Waals surface area contributed by atoms with Gasteiger partial charge >= 0.3 is 12.1 Å². The van der Waals surface area contributed by atoms with Crippen LogP contribution in [0.5, 0.6) is 0 Å². The van der Waals surface area contributed by atoms with E-state index in [-0.39, 0.29) is 16.9 Å². The van der Waals surface area contributed by atoms with Gasteiger partial charge in [0.2, 0.25) is 0 Å². The van der Waals surface area contributed by atoms with Crippen molar-refractivity contribution in [2.75, 3.05) is 0 Å². The summed E-state index contributed by atoms with van der Waals surface area (Å²) in [5.74, 6) is -2.89. The molecule has 1 aromatic heterocycles. The van der Waals surface area contributed by atoms with Crippen molar-refractivity contribution < 1.29 is 32.3 Å². The minimum absolute atomic E-state index is 0.0718. The average molecular weight is 437 g/mol. The Balaban J connectivity index is 1.89. The standard InChI is InChI=1S/C20H15F4N3O4/c21-13-5-2-6-14(8-13)27-17(28)9-16(26-27)19(31)25-15(10-18(29)30)11-3-1-4-12(7-11)20(22,23)24/h1-9,15,26H,10H2,(H,25,31)(H,29,30). The third-order valence-corrected chi connectivity index (χ3v) is 4.33. The predicted octanol–water partition coefficient (Wildman–Crippen LogP) is 3.27. The monoisotopic (exact) mass is 437 g/mol. The number of aromatic nitrogens is 2. The van der Waals surface area contributed by atoms with E-state index in [1.165, 1.54) is 18.2 Å². The highest BCUT2D eigenvalue weighted by atomic mass is 19.4. The zero-order valence-corrected chi connectivity index (χ0v) is 15.6. The van der Waals surface area contributed by atoms with Gasteiger partial charge in [-0.1, -0.05) is 18.2 Å². The number of carboxylic acid groups (broad SMARTS) is 1. The van der Waals surface area contributed by atoms with Crippen molar-refractivity contribution in [1.82, 2.24) is 15.1 Å². The number of amides is 1. The maximum atomic E-state index is 13.4. The van der Waals surface area contributed by atoms with Crippen molar-refractivity contribution in [1.29, 1.82) is 0 Å². The lowest BCUT2D eigenvalue weighted by Crippen LogP contribution is -2.30. The molecule has 2 aromatic carbocycles. The van der Waals surface area contributed by atoms with E-state index in [0.29, 0.717) is 0 Å². The van der Waals surface area contributed by atoms with Gasteiger partial charge in [0.25, 0.3) is 11.5 Å². The summed E-state index contributed by atoms with van der Waals surface area (Å²) in [6, 6.07) is 8.51. The number of alkyl halides is 3. The van der Waals surface area contributed by atoms with Gasteiger partial charge in [0, 0.05) is 6.07 Å². The number of aromatic amines is 1. The van der Waals surface area contributed by atoms with Gasteiger partial charge in [0.15, 0.2) is 0 Å². The first-order valence-corrected chi connectivity index (χ1v) is 8.82. The molecule has 3 aromatic rings. The van der Waals surface area contributed by atoms with Crippen LogP contribution in [-0.2, 0) is 11.0 Å². The molecule has 0 fully saturated rings. The van der Waals surface area contributed by atoms with Crippen molar-refractivity contribution in [3.63, 3.8) is 0 Å². The molecular formula is C20H15F4N3O4. The molecule has 11 heteroatoms. The molecule has 0 aliphatic heterocycles. The summed E-state index contributed by atoms with van der Waals surface area (Å²) in [5, 5.41) is 13.9. The Bertz CT molecular complexity index is 1180. The van der Waals surface area contributed by atoms with Crippen LogP contribution in [0.3, 0.4) is 0 Å². The van der Waals surface area contributed by atoms with Crippen molar-refractivity contribution in [2.24, 2.45) is 0 Å². The molecule has 3 N–H and O–H groups in total. The molecule has 0 saturated heterocycles. The van der Waals surface area contributed by atoms with Gasteiger partial charge in [0.05, 0.1) is 23.7 Å². The lowest BCUT2D eigenvalue weighted by molar-refractivity contribution is -0.138. The molecule has 0 bridgehead atoms. The Morgan fingerprint density at radius 2 is 1.81 bits per heavy atom. The van der Waals surface area contributed by atoms with Crippen molar-refractivity contribution in [3.05, 3.63) is 87.6 Å². The number of halogens is 4. The number of carbonyl (C=O) groups excluding carboxylic acids is 1. The van der Waals surface area contributed by atoms with Crippen molar-refractivity contribution in [2.45, 2.75) is 18.6 Å². The topological polar surface area (TPSA) is 104 Å². The fourth-order valence-corrected chi connectivity index (χ4v) is 2.91. The van der Waals surface area contributed by atoms with Crippen molar-refractivity contribution in [3.8, 4) is 5.69 Å². The number of benzene rings is 2. The summed E-state index contributed by atoms with van der Waals surface area (Å²) in [6.45, 7) is 0. The second-order valence-electron chi connectivity index (χ2n) is 6.57. The third-order valence-electron chi connectivity index (χ3n) is 4.33. The lowest BCUT2D eigenvalue weighted by atomic mass is 10.0. The summed E-state index contributed by atoms with van der Waals surface area (Å²) in [6.07, 6.45) is -5.34. The molecule has 1 heterocycles. The summed E-state index contributed by atoms with van der Waals surface area (Å²) in [7, 11) is 0. The van der Waals surface area contributed by atoms with E-state index in [2.05, 4.69) is 10.4 Å². The molecule has 162 valence electrons. The minimum Gasteiger partial charge on any atom is -0.481 e. The summed E-state index contributed by atoms with van der Waals surface area (Å²) in [5.41, 5.74) is -1.93. The molecular weight excluding hydrogens is 422 g/mol. The third kappa shape index (κ3) is 5.18. The quantitative estimate of drug-likeness (QED) is 0.515. The lowest BCUT2D eigenvalue weighted by Gasteiger charge is -2.18. The van der Waals surface area contributed by atoms with Crippen LogP contribution in [0.15, 0.2) is 59.4 Å². The average Bonchev–Trinajstić information content (AvgIpc) is 3.08. The maximum Gasteiger partial charge on any atom is 0.416 e. The van der Waals surface area contributed by atoms with Gasteiger partial charge in [0.1, 0.15) is 11.5 Å². The van der Waals surface area contributed by atoms with Crippen LogP contribution in [0.1, 0.15) is 34.1 Å². The van der Waals surface area contributed by atoms with Gasteiger partial charge in [-0.2, -0.15) is 13.2 Å². The normalized spacial score (nSPS) is 12.4. The molecule has 1 amide bonds. The second kappa shape index (κ2) is 8.46. The fourth-order valence-electron chi connectivity index (χ4n) is 2.91. The Labute approximate surface area is 171 Å². The van der Waals surface area contributed by atoms with Gasteiger partial charge < -0.3 is 10.4 Å². The molecule has 0 spiro atoms. The molecule has 0 aliphatic rings. The number of nitrogens with one attached hydrogen (secondary N) is 2. The van der Waals surface area contributed by atoms with E-state index in [4.69, 9.17) is 5.11 Å². The fraction of sp³-hybridized carbons (Fsp3) is 0.150. The van der Waals surface area contributed by atoms with E-state index in [9.17, 15) is 31.9 Å². The molecule has 1 unspecified atom stereocenters. The number of carboxylic acids is 1. The van der Waals surface area contributed by atoms with Crippen LogP contribution in [0.4, 0.5) is 17.6 Å². The largest absolute Gasteiger partial charge is 0.481 e. The number of hydrogen-bond donors (Lipinski definition) is 3. The molecule has 31 heavy (non-hydrogen) atoms. The van der Waals surface area contributed by atoms with Crippen LogP contribution >= 0.6 is 0 Å². The Kier molecular flexibility index (Phi) is 5.95. The van der Waals surface area contributed by atoms with E-state index >= 15 is 0 Å². The van der Waals surface area contributed by atoms with Crippen LogP contribution in [0, 0.1) is 5.82 Å². The molecule has 7 nitrogen and oxygen atoms in total. The van der Waals surface area contributed by atoms with E-state index < -0.39 is 47.5 Å². The molecule has 1 atom stereocenters. The van der Waals surface area contributed by atoms with Gasteiger partial charge in [-0.25, -0.2) is 9.07 Å². The van der Waals surface area contributed by atoms with E-state index in [1.54, 1.807) is 0 Å². The molecule has 0 saturated carbocycles. The Morgan fingerprint density at radius 3 is 2.45 bits per heavy atom. The molecule has 3 rings (SSSR count). The first-order valence-electron chi connectivity index (χ1n) is 8.82. The van der Waals surface area contributed by atoms with Crippen molar-refractivity contribution >= 4 is 11.9 Å². The number of H-pyrrole nitrogens is 1. The number of nitrogens with zero attached hydrogens (tertiary/aromatic N) is 1. The zero-order valence-electron chi connectivity index (χ0n) is 15.6. The minimum atomic E-state index is -4.65. The van der Waals surface area contributed by atoms with Crippen LogP contribution in [0.2, 0.25) is 0 Å². The van der Waals surface area contributed by atoms with Crippen LogP contribution < -0.4 is 10.9 Å². The van der Waals surface area contributed by atoms with Gasteiger partial charge in [-0.3, -0.25) is 19.5 Å². The van der Waals surface area contributed by atoms with E-state index in [0.717, 1.165) is 41.1 Å². The van der Waals surface area contributed by atoms with Gasteiger partial charge in [-0.05, 0) is 35.9 Å². The number of hydrogen-bond acceptors (Lipinski definition) is 3. The second-order valence-corrected chi connectivity index (χ2v) is 6.57. The summed E-state index contributed by atoms with van der Waals surface area (Å²) >= 11 is 0. The SMILES string of the molecule is O=C(O)CC(NC(=O)c1cc(=O)n(-c2cccc(F)c2)[nH]1)c1cccc(C(F)(F)F)c1. The Hall–Kier alpha value is -3.89.